The molecular weight excluding hydrogens is 1600 g/mol. The molecule has 0 N–H and O–H groups in total. The maximum absolute atomic E-state index is 12.3. The summed E-state index contributed by atoms with van der Waals surface area (Å²) in [7, 11) is 0. The number of carbonyl (C=O) groups is 1. The zero-order chi connectivity index (χ0) is 91.1. The Bertz CT molecular complexity index is 6510. The van der Waals surface area contributed by atoms with Crippen LogP contribution >= 0.6 is 0 Å². The van der Waals surface area contributed by atoms with Crippen molar-refractivity contribution in [3.05, 3.63) is 481 Å². The van der Waals surface area contributed by atoms with Gasteiger partial charge in [-0.05, 0) is 376 Å². The molecule has 0 aliphatic carbocycles. The van der Waals surface area contributed by atoms with Crippen LogP contribution in [0.3, 0.4) is 0 Å². The van der Waals surface area contributed by atoms with Gasteiger partial charge in [0.05, 0.1) is 5.92 Å². The molecule has 0 saturated carbocycles. The quantitative estimate of drug-likeness (QED) is 0.0337. The first-order valence-corrected chi connectivity index (χ1v) is 45.9. The van der Waals surface area contributed by atoms with Crippen molar-refractivity contribution in [2.24, 2.45) is 5.92 Å². The highest BCUT2D eigenvalue weighted by Crippen LogP contribution is 2.45. The van der Waals surface area contributed by atoms with E-state index in [4.69, 9.17) is 9.47 Å². The summed E-state index contributed by atoms with van der Waals surface area (Å²) in [6, 6.07) is 152. The lowest BCUT2D eigenvalue weighted by Gasteiger charge is -2.29. The van der Waals surface area contributed by atoms with Gasteiger partial charge < -0.3 is 38.9 Å². The van der Waals surface area contributed by atoms with E-state index in [-0.39, 0.29) is 11.9 Å². The number of rotatable bonds is 29. The molecule has 0 spiro atoms. The Labute approximate surface area is 777 Å². The Morgan fingerprint density at radius 1 is 0.229 bits per heavy atom. The Kier molecular flexibility index (Phi) is 30.1. The molecule has 0 heterocycles. The number of anilines is 18. The molecule has 17 aromatic carbocycles. The van der Waals surface area contributed by atoms with Crippen LogP contribution in [0, 0.1) is 47.5 Å². The van der Waals surface area contributed by atoms with Crippen LogP contribution < -0.4 is 38.9 Å². The average Bonchev–Trinajstić information content (AvgIpc) is 0.805. The molecule has 0 aliphatic rings. The van der Waals surface area contributed by atoms with E-state index in [0.717, 1.165) is 127 Å². The number of hydrogen-bond acceptors (Lipinski definition) is 9. The SMILES string of the molecule is CCC(C)C(=O)Oc1ccc(N(c2ccc(N(c3ccccc3)c3cccc(C)c3)cc2)c2cccc(C)c2)cc1.CCC(C)c1ccc(COc2ccc(N(c3ccc(-c4ccc(N(c5ccccc5)c5cccc(C)c5)cc4)cc3)c3cccc(C)c3)cc2)cc1.CCC(C)c1ccc(N(c2ccc(N(c3ccccc3)c3cccc(C)c3)cc2)c2cccc(C)c2)cc1. The van der Waals surface area contributed by atoms with Crippen molar-refractivity contribution in [1.29, 1.82) is 0 Å². The number of aryl methyl sites for hydroxylation is 6. The molecule has 0 aromatic heterocycles. The fraction of sp³-hybridized carbons (Fsp3) is 0.156. The second kappa shape index (κ2) is 43.5. The summed E-state index contributed by atoms with van der Waals surface area (Å²) in [4.78, 5) is 26.1. The molecule has 0 aliphatic heterocycles. The summed E-state index contributed by atoms with van der Waals surface area (Å²) in [5.74, 6) is 2.20. The third-order valence-electron chi connectivity index (χ3n) is 24.2. The lowest BCUT2D eigenvalue weighted by atomic mass is 9.98. The molecule has 0 saturated heterocycles. The monoisotopic (exact) mass is 1710 g/mol. The Balaban J connectivity index is 0.000000153. The Hall–Kier alpha value is -15.2. The second-order valence-electron chi connectivity index (χ2n) is 34.1. The van der Waals surface area contributed by atoms with Gasteiger partial charge in [0.2, 0.25) is 0 Å². The molecule has 0 radical (unpaired) electrons. The van der Waals surface area contributed by atoms with Crippen LogP contribution in [0.1, 0.15) is 123 Å². The second-order valence-corrected chi connectivity index (χ2v) is 34.1. The van der Waals surface area contributed by atoms with E-state index in [1.807, 2.05) is 44.2 Å². The highest BCUT2D eigenvalue weighted by Gasteiger charge is 2.23. The molecule has 0 bridgehead atoms. The summed E-state index contributed by atoms with van der Waals surface area (Å²) in [6.45, 7) is 26.2. The standard InChI is InChI=1S/C49H46N2O.C37H36N2O2.C36H36N2/c1-5-38(4)40-19-17-39(18-20-40)35-52-49-31-29-46(30-32-49)51(48-16-10-12-37(3)34-48)45-27-23-42(24-28-45)41-21-25-44(26-22-41)50(43-13-7-6-8-14-43)47-15-9-11-36(2)33-47;1-5-29(4)37(40)41-36-23-21-33(22-24-36)39(35-16-10-12-28(3)26-35)32-19-17-31(18-20-32)38(30-13-7-6-8-14-30)34-15-9-11-27(2)25-34;1-5-29(4)30-17-19-32(20-18-30)38(36-16-10-12-28(3)26-36)34-23-21-33(22-24-34)37(31-13-7-6-8-14-31)35-15-9-11-27(2)25-35/h6-34,38H,5,35H2,1-4H3;6-26,29H,5H2,1-4H3;6-26,29H,5H2,1-4H3. The predicted octanol–water partition coefficient (Wildman–Crippen LogP) is 35.0. The number of carbonyl (C=O) groups excluding carboxylic acids is 1. The molecule has 9 heteroatoms. The number of ether oxygens (including phenoxy) is 2. The van der Waals surface area contributed by atoms with Gasteiger partial charge in [-0.25, -0.2) is 0 Å². The molecular formula is C122H118N6O3. The Morgan fingerprint density at radius 2 is 0.443 bits per heavy atom. The van der Waals surface area contributed by atoms with Crippen molar-refractivity contribution in [2.45, 2.75) is 121 Å². The van der Waals surface area contributed by atoms with Gasteiger partial charge in [0, 0.05) is 102 Å². The van der Waals surface area contributed by atoms with Crippen LogP contribution in [0.2, 0.25) is 0 Å². The summed E-state index contributed by atoms with van der Waals surface area (Å²) >= 11 is 0. The van der Waals surface area contributed by atoms with Crippen molar-refractivity contribution >= 4 is 108 Å². The van der Waals surface area contributed by atoms with E-state index >= 15 is 0 Å². The van der Waals surface area contributed by atoms with Crippen LogP contribution in [0.5, 0.6) is 11.5 Å². The van der Waals surface area contributed by atoms with Crippen molar-refractivity contribution in [2.75, 3.05) is 29.4 Å². The first kappa shape index (κ1) is 90.6. The molecule has 3 unspecified atom stereocenters. The molecule has 131 heavy (non-hydrogen) atoms. The molecule has 17 rings (SSSR count). The zero-order valence-electron chi connectivity index (χ0n) is 77.5. The van der Waals surface area contributed by atoms with E-state index < -0.39 is 0 Å². The fourth-order valence-electron chi connectivity index (χ4n) is 16.4. The summed E-state index contributed by atoms with van der Waals surface area (Å²) < 4.78 is 11.8. The Morgan fingerprint density at radius 3 is 0.687 bits per heavy atom. The third-order valence-corrected chi connectivity index (χ3v) is 24.2. The van der Waals surface area contributed by atoms with Gasteiger partial charge in [0.1, 0.15) is 18.1 Å². The van der Waals surface area contributed by atoms with Crippen LogP contribution in [0.15, 0.2) is 431 Å². The summed E-state index contributed by atoms with van der Waals surface area (Å²) in [5.41, 5.74) is 33.5. The van der Waals surface area contributed by atoms with E-state index in [1.165, 1.54) is 61.2 Å². The van der Waals surface area contributed by atoms with Gasteiger partial charge in [-0.2, -0.15) is 0 Å². The normalized spacial score (nSPS) is 11.6. The fourth-order valence-corrected chi connectivity index (χ4v) is 16.4. The minimum absolute atomic E-state index is 0.132. The van der Waals surface area contributed by atoms with Crippen LogP contribution in [-0.4, -0.2) is 5.97 Å². The predicted molar refractivity (Wildman–Crippen MR) is 555 cm³/mol. The summed E-state index contributed by atoms with van der Waals surface area (Å²) in [6.07, 6.45) is 3.03. The molecule has 654 valence electrons. The van der Waals surface area contributed by atoms with Gasteiger partial charge in [-0.15, -0.1) is 0 Å². The van der Waals surface area contributed by atoms with E-state index in [2.05, 4.69) is 499 Å². The first-order valence-electron chi connectivity index (χ1n) is 45.9. The van der Waals surface area contributed by atoms with Crippen molar-refractivity contribution < 1.29 is 14.3 Å². The minimum atomic E-state index is -0.206. The largest absolute Gasteiger partial charge is 0.489 e. The van der Waals surface area contributed by atoms with Gasteiger partial charge in [0.25, 0.3) is 0 Å². The number of para-hydroxylation sites is 3. The minimum Gasteiger partial charge on any atom is -0.489 e. The van der Waals surface area contributed by atoms with Gasteiger partial charge in [-0.1, -0.05) is 230 Å². The van der Waals surface area contributed by atoms with Gasteiger partial charge >= 0.3 is 5.97 Å². The van der Waals surface area contributed by atoms with Crippen molar-refractivity contribution in [3.8, 4) is 22.6 Å². The van der Waals surface area contributed by atoms with E-state index in [0.29, 0.717) is 24.2 Å². The van der Waals surface area contributed by atoms with Crippen LogP contribution in [0.25, 0.3) is 11.1 Å². The van der Waals surface area contributed by atoms with Crippen molar-refractivity contribution in [3.63, 3.8) is 0 Å². The van der Waals surface area contributed by atoms with Gasteiger partial charge in [0.15, 0.2) is 0 Å². The average molecular weight is 1720 g/mol. The zero-order valence-corrected chi connectivity index (χ0v) is 77.5. The first-order chi connectivity index (χ1) is 63.9. The maximum Gasteiger partial charge on any atom is 0.314 e. The number of hydrogen-bond donors (Lipinski definition) is 0. The number of esters is 1. The highest BCUT2D eigenvalue weighted by molar-refractivity contribution is 5.86. The molecule has 3 atom stereocenters. The molecule has 9 nitrogen and oxygen atoms in total. The number of benzene rings is 17. The van der Waals surface area contributed by atoms with Crippen molar-refractivity contribution in [1.82, 2.24) is 0 Å². The van der Waals surface area contributed by atoms with Crippen LogP contribution in [0.4, 0.5) is 102 Å². The maximum atomic E-state index is 12.3. The molecule has 17 aromatic rings. The lowest BCUT2D eigenvalue weighted by molar-refractivity contribution is -0.138. The van der Waals surface area contributed by atoms with Gasteiger partial charge in [-0.3, -0.25) is 4.79 Å². The number of nitrogens with zero attached hydrogens (tertiary/aromatic N) is 6. The van der Waals surface area contributed by atoms with Crippen LogP contribution in [-0.2, 0) is 11.4 Å². The smallest absolute Gasteiger partial charge is 0.314 e. The molecule has 0 fully saturated rings. The van der Waals surface area contributed by atoms with E-state index in [9.17, 15) is 4.79 Å². The summed E-state index contributed by atoms with van der Waals surface area (Å²) in [5, 5.41) is 0. The van der Waals surface area contributed by atoms with E-state index in [1.54, 1.807) is 0 Å². The topological polar surface area (TPSA) is 55.0 Å². The highest BCUT2D eigenvalue weighted by atomic mass is 16.5. The molecule has 0 amide bonds. The third kappa shape index (κ3) is 23.0. The lowest BCUT2D eigenvalue weighted by Crippen LogP contribution is -2.17.